The molecule has 0 saturated carbocycles. The number of nitrogens with zero attached hydrogens (tertiary/aromatic N) is 1. The first-order valence-electron chi connectivity index (χ1n) is 5.20. The molecule has 0 aliphatic carbocycles. The number of likely N-dealkylation sites (N-methyl/N-ethyl adjacent to an activating group) is 1. The van der Waals surface area contributed by atoms with Gasteiger partial charge in [0.15, 0.2) is 0 Å². The number of hydrogen-bond donors (Lipinski definition) is 1. The maximum absolute atomic E-state index is 12.5. The first-order chi connectivity index (χ1) is 7.89. The van der Waals surface area contributed by atoms with Gasteiger partial charge in [0.2, 0.25) is 0 Å². The number of nitrogens with two attached hydrogens (primary N) is 1. The summed E-state index contributed by atoms with van der Waals surface area (Å²) in [5.41, 5.74) is 5.95. The average molecular weight is 246 g/mol. The van der Waals surface area contributed by atoms with Crippen LogP contribution in [0.4, 0.5) is 18.9 Å². The van der Waals surface area contributed by atoms with E-state index in [2.05, 4.69) is 0 Å². The van der Waals surface area contributed by atoms with E-state index < -0.39 is 12.2 Å². The first kappa shape index (κ1) is 12.0. The van der Waals surface area contributed by atoms with Crippen LogP contribution < -0.4 is 15.4 Å². The molecular weight excluding hydrogens is 233 g/mol. The molecule has 0 unspecified atom stereocenters. The van der Waals surface area contributed by atoms with Crippen LogP contribution in [0.5, 0.6) is 5.75 Å². The number of ether oxygens (including phenoxy) is 1. The number of fused-ring (bicyclic) bond motifs is 1. The quantitative estimate of drug-likeness (QED) is 0.824. The van der Waals surface area contributed by atoms with E-state index >= 15 is 0 Å². The van der Waals surface area contributed by atoms with Crippen molar-refractivity contribution in [2.75, 3.05) is 25.1 Å². The van der Waals surface area contributed by atoms with Crippen molar-refractivity contribution in [3.63, 3.8) is 0 Å². The van der Waals surface area contributed by atoms with Crippen LogP contribution >= 0.6 is 0 Å². The minimum atomic E-state index is -4.44. The molecule has 0 amide bonds. The summed E-state index contributed by atoms with van der Waals surface area (Å²) in [5.74, 6) is 0.455. The number of anilines is 1. The van der Waals surface area contributed by atoms with Crippen molar-refractivity contribution in [2.24, 2.45) is 5.73 Å². The molecule has 1 aromatic carbocycles. The summed E-state index contributed by atoms with van der Waals surface area (Å²) >= 11 is 0. The van der Waals surface area contributed by atoms with E-state index in [0.717, 1.165) is 12.2 Å². The van der Waals surface area contributed by atoms with Crippen molar-refractivity contribution in [2.45, 2.75) is 12.2 Å². The largest absolute Gasteiger partial charge is 0.490 e. The predicted molar refractivity (Wildman–Crippen MR) is 58.2 cm³/mol. The highest BCUT2D eigenvalue weighted by atomic mass is 19.4. The summed E-state index contributed by atoms with van der Waals surface area (Å²) < 4.78 is 42.7. The third-order valence-corrected chi connectivity index (χ3v) is 2.79. The van der Waals surface area contributed by atoms with Gasteiger partial charge in [0.25, 0.3) is 0 Å². The fourth-order valence-electron chi connectivity index (χ4n) is 1.76. The van der Waals surface area contributed by atoms with Crippen LogP contribution in [0.15, 0.2) is 18.2 Å². The normalized spacial score (nSPS) is 17.4. The molecule has 6 heteroatoms. The van der Waals surface area contributed by atoms with Crippen molar-refractivity contribution in [3.8, 4) is 5.75 Å². The van der Waals surface area contributed by atoms with Crippen LogP contribution in [0.3, 0.4) is 0 Å². The van der Waals surface area contributed by atoms with E-state index in [0.29, 0.717) is 12.4 Å². The van der Waals surface area contributed by atoms with Crippen LogP contribution in [0.25, 0.3) is 0 Å². The number of hydrogen-bond acceptors (Lipinski definition) is 3. The summed E-state index contributed by atoms with van der Waals surface area (Å²) in [4.78, 5) is 1.93. The zero-order valence-electron chi connectivity index (χ0n) is 9.29. The number of rotatable bonds is 1. The Kier molecular flexibility index (Phi) is 2.91. The number of halogens is 3. The van der Waals surface area contributed by atoms with Crippen LogP contribution in [-0.4, -0.2) is 26.4 Å². The molecule has 1 aliphatic heterocycles. The molecule has 0 radical (unpaired) electrons. The van der Waals surface area contributed by atoms with E-state index in [1.54, 1.807) is 6.07 Å². The molecule has 1 heterocycles. The van der Waals surface area contributed by atoms with E-state index in [1.807, 2.05) is 11.9 Å². The van der Waals surface area contributed by atoms with Gasteiger partial charge in [-0.15, -0.1) is 0 Å². The molecule has 94 valence electrons. The Hall–Kier alpha value is -1.43. The predicted octanol–water partition coefficient (Wildman–Crippen LogP) is 2.08. The Balaban J connectivity index is 2.34. The van der Waals surface area contributed by atoms with Gasteiger partial charge in [0, 0.05) is 7.05 Å². The Morgan fingerprint density at radius 3 is 2.76 bits per heavy atom. The molecule has 1 atom stereocenters. The topological polar surface area (TPSA) is 38.5 Å². The van der Waals surface area contributed by atoms with Gasteiger partial charge < -0.3 is 15.4 Å². The van der Waals surface area contributed by atoms with E-state index in [9.17, 15) is 13.2 Å². The fourth-order valence-corrected chi connectivity index (χ4v) is 1.76. The molecule has 0 fully saturated rings. The third-order valence-electron chi connectivity index (χ3n) is 2.79. The van der Waals surface area contributed by atoms with Gasteiger partial charge >= 0.3 is 6.18 Å². The number of alkyl halides is 3. The minimum absolute atomic E-state index is 0.0200. The van der Waals surface area contributed by atoms with E-state index in [4.69, 9.17) is 10.5 Å². The molecule has 2 rings (SSSR count). The average Bonchev–Trinajstić information content (AvgIpc) is 2.26. The van der Waals surface area contributed by atoms with E-state index in [1.165, 1.54) is 12.1 Å². The summed E-state index contributed by atoms with van der Waals surface area (Å²) in [6, 6.07) is 2.39. The van der Waals surface area contributed by atoms with Crippen molar-refractivity contribution < 1.29 is 17.9 Å². The van der Waals surface area contributed by atoms with Crippen LogP contribution in [0.1, 0.15) is 11.6 Å². The lowest BCUT2D eigenvalue weighted by Gasteiger charge is -2.28. The van der Waals surface area contributed by atoms with Gasteiger partial charge in [-0.1, -0.05) is 6.07 Å². The molecule has 17 heavy (non-hydrogen) atoms. The molecule has 3 nitrogen and oxygen atoms in total. The Morgan fingerprint density at radius 1 is 1.41 bits per heavy atom. The van der Waals surface area contributed by atoms with Gasteiger partial charge in [0.1, 0.15) is 18.4 Å². The van der Waals surface area contributed by atoms with Crippen molar-refractivity contribution in [3.05, 3.63) is 23.8 Å². The zero-order chi connectivity index (χ0) is 12.6. The Morgan fingerprint density at radius 2 is 2.12 bits per heavy atom. The highest BCUT2D eigenvalue weighted by Gasteiger charge is 2.38. The first-order valence-corrected chi connectivity index (χ1v) is 5.20. The molecule has 0 saturated heterocycles. The maximum Gasteiger partial charge on any atom is 0.407 e. The SMILES string of the molecule is CN1CCOc2cc([C@@H](N)C(F)(F)F)ccc21. The highest BCUT2D eigenvalue weighted by molar-refractivity contribution is 5.60. The van der Waals surface area contributed by atoms with Crippen LogP contribution in [0.2, 0.25) is 0 Å². The standard InChI is InChI=1S/C11H13F3N2O/c1-16-4-5-17-9-6-7(2-3-8(9)16)10(15)11(12,13)14/h2-3,6,10H,4-5,15H2,1H3/t10-/m1/s1. The molecule has 0 bridgehead atoms. The summed E-state index contributed by atoms with van der Waals surface area (Å²) in [6.45, 7) is 1.19. The molecule has 1 aromatic rings. The summed E-state index contributed by atoms with van der Waals surface area (Å²) in [6.07, 6.45) is -4.44. The molecule has 0 spiro atoms. The minimum Gasteiger partial charge on any atom is -0.490 e. The van der Waals surface area contributed by atoms with Crippen molar-refractivity contribution in [1.29, 1.82) is 0 Å². The monoisotopic (exact) mass is 246 g/mol. The van der Waals surface area contributed by atoms with Gasteiger partial charge in [-0.2, -0.15) is 13.2 Å². The molecule has 0 aromatic heterocycles. The zero-order valence-corrected chi connectivity index (χ0v) is 9.29. The summed E-state index contributed by atoms with van der Waals surface area (Å²) in [7, 11) is 1.87. The molecule has 2 N–H and O–H groups in total. The van der Waals surface area contributed by atoms with Gasteiger partial charge in [-0.25, -0.2) is 0 Å². The number of benzene rings is 1. The van der Waals surface area contributed by atoms with Gasteiger partial charge in [-0.3, -0.25) is 0 Å². The van der Waals surface area contributed by atoms with Gasteiger partial charge in [-0.05, 0) is 17.7 Å². The van der Waals surface area contributed by atoms with Crippen molar-refractivity contribution >= 4 is 5.69 Å². The second-order valence-corrected chi connectivity index (χ2v) is 4.02. The Labute approximate surface area is 97.0 Å². The highest BCUT2D eigenvalue weighted by Crippen LogP contribution is 2.36. The smallest absolute Gasteiger partial charge is 0.407 e. The lowest BCUT2D eigenvalue weighted by atomic mass is 10.1. The molecule has 1 aliphatic rings. The second-order valence-electron chi connectivity index (χ2n) is 4.02. The fraction of sp³-hybridized carbons (Fsp3) is 0.455. The second kappa shape index (κ2) is 4.10. The molecular formula is C11H13F3N2O. The Bertz CT molecular complexity index is 420. The lowest BCUT2D eigenvalue weighted by molar-refractivity contribution is -0.149. The van der Waals surface area contributed by atoms with Crippen molar-refractivity contribution in [1.82, 2.24) is 0 Å². The van der Waals surface area contributed by atoms with E-state index in [-0.39, 0.29) is 5.56 Å². The van der Waals surface area contributed by atoms with Crippen LogP contribution in [-0.2, 0) is 0 Å². The summed E-state index contributed by atoms with van der Waals surface area (Å²) in [5, 5.41) is 0. The lowest BCUT2D eigenvalue weighted by Crippen LogP contribution is -2.30. The maximum atomic E-state index is 12.5. The van der Waals surface area contributed by atoms with Gasteiger partial charge in [0.05, 0.1) is 12.2 Å². The third kappa shape index (κ3) is 2.31. The van der Waals surface area contributed by atoms with Crippen LogP contribution in [0, 0.1) is 0 Å².